The van der Waals surface area contributed by atoms with Gasteiger partial charge in [-0.2, -0.15) is 0 Å². The molecule has 1 aliphatic carbocycles. The molecule has 18 heavy (non-hydrogen) atoms. The van der Waals surface area contributed by atoms with Crippen LogP contribution in [0.1, 0.15) is 62.6 Å². The third-order valence-corrected chi connectivity index (χ3v) is 4.17. The van der Waals surface area contributed by atoms with E-state index in [0.29, 0.717) is 6.04 Å². The first-order valence-corrected chi connectivity index (χ1v) is 7.38. The molecule has 0 aliphatic heterocycles. The zero-order valence-corrected chi connectivity index (χ0v) is 11.5. The summed E-state index contributed by atoms with van der Waals surface area (Å²) in [6.45, 7) is 2.22. The number of aryl methyl sites for hydroxylation is 1. The Hall–Kier alpha value is -0.860. The monoisotopic (exact) mass is 246 g/mol. The molecule has 1 unspecified atom stereocenters. The molecular weight excluding hydrogens is 220 g/mol. The van der Waals surface area contributed by atoms with Gasteiger partial charge in [-0.15, -0.1) is 0 Å². The molecule has 100 valence electrons. The second kappa shape index (κ2) is 6.91. The van der Waals surface area contributed by atoms with Crippen molar-refractivity contribution in [3.63, 3.8) is 0 Å². The van der Waals surface area contributed by atoms with Crippen molar-refractivity contribution in [1.29, 1.82) is 0 Å². The van der Waals surface area contributed by atoms with Crippen molar-refractivity contribution in [1.82, 2.24) is 5.43 Å². The van der Waals surface area contributed by atoms with Crippen molar-refractivity contribution in [2.75, 3.05) is 0 Å². The van der Waals surface area contributed by atoms with Crippen molar-refractivity contribution >= 4 is 0 Å². The highest BCUT2D eigenvalue weighted by Crippen LogP contribution is 2.32. The van der Waals surface area contributed by atoms with Crippen LogP contribution in [0.4, 0.5) is 0 Å². The molecular formula is C16H26N2. The molecule has 0 amide bonds. The van der Waals surface area contributed by atoms with Gasteiger partial charge in [-0.1, -0.05) is 63.3 Å². The minimum absolute atomic E-state index is 0.323. The molecule has 0 bridgehead atoms. The molecule has 0 radical (unpaired) electrons. The number of rotatable bonds is 6. The first kappa shape index (κ1) is 13.6. The fourth-order valence-electron chi connectivity index (χ4n) is 3.09. The minimum atomic E-state index is 0.323. The highest BCUT2D eigenvalue weighted by molar-refractivity contribution is 5.25. The summed E-state index contributed by atoms with van der Waals surface area (Å²) >= 11 is 0. The molecule has 3 N–H and O–H groups in total. The van der Waals surface area contributed by atoms with Crippen molar-refractivity contribution in [3.05, 3.63) is 35.4 Å². The van der Waals surface area contributed by atoms with Gasteiger partial charge in [-0.05, 0) is 29.9 Å². The van der Waals surface area contributed by atoms with Crippen molar-refractivity contribution < 1.29 is 0 Å². The molecule has 1 aromatic rings. The lowest BCUT2D eigenvalue weighted by Crippen LogP contribution is -2.29. The Labute approximate surface area is 111 Å². The molecule has 0 saturated heterocycles. The van der Waals surface area contributed by atoms with Gasteiger partial charge in [0, 0.05) is 6.04 Å². The van der Waals surface area contributed by atoms with Crippen LogP contribution in [-0.2, 0) is 6.42 Å². The Morgan fingerprint density at radius 1 is 1.22 bits per heavy atom. The van der Waals surface area contributed by atoms with Crippen LogP contribution in [0.3, 0.4) is 0 Å². The van der Waals surface area contributed by atoms with Crippen LogP contribution >= 0.6 is 0 Å². The third-order valence-electron chi connectivity index (χ3n) is 4.17. The van der Waals surface area contributed by atoms with E-state index in [2.05, 4.69) is 36.6 Å². The van der Waals surface area contributed by atoms with Crippen LogP contribution in [0.2, 0.25) is 0 Å². The van der Waals surface area contributed by atoms with E-state index < -0.39 is 0 Å². The van der Waals surface area contributed by atoms with Gasteiger partial charge in [-0.25, -0.2) is 0 Å². The predicted octanol–water partition coefficient (Wildman–Crippen LogP) is 3.72. The Morgan fingerprint density at radius 2 is 1.89 bits per heavy atom. The molecule has 1 fully saturated rings. The largest absolute Gasteiger partial charge is 0.271 e. The van der Waals surface area contributed by atoms with E-state index in [1.54, 1.807) is 0 Å². The molecule has 1 aromatic carbocycles. The highest BCUT2D eigenvalue weighted by Gasteiger charge is 2.20. The molecule has 1 aliphatic rings. The number of hydrazine groups is 1. The number of hydrogen-bond acceptors (Lipinski definition) is 2. The Balaban J connectivity index is 1.97. The zero-order chi connectivity index (χ0) is 12.8. The maximum atomic E-state index is 5.73. The van der Waals surface area contributed by atoms with Gasteiger partial charge in [-0.3, -0.25) is 11.3 Å². The van der Waals surface area contributed by atoms with Gasteiger partial charge in [0.15, 0.2) is 0 Å². The second-order valence-electron chi connectivity index (χ2n) is 5.60. The summed E-state index contributed by atoms with van der Waals surface area (Å²) in [6.07, 6.45) is 9.13. The Kier molecular flexibility index (Phi) is 5.21. The standard InChI is InChI=1S/C16H26N2/c1-2-5-13-8-10-15(11-9-13)16(18-17)12-14-6-3-4-7-14/h8-11,14,16,18H,2-7,12,17H2,1H3. The van der Waals surface area contributed by atoms with Gasteiger partial charge in [0.2, 0.25) is 0 Å². The van der Waals surface area contributed by atoms with E-state index in [1.165, 1.54) is 56.1 Å². The zero-order valence-electron chi connectivity index (χ0n) is 11.5. The number of hydrogen-bond donors (Lipinski definition) is 2. The summed E-state index contributed by atoms with van der Waals surface area (Å²) in [5.74, 6) is 6.59. The van der Waals surface area contributed by atoms with E-state index in [9.17, 15) is 0 Å². The molecule has 1 saturated carbocycles. The maximum Gasteiger partial charge on any atom is 0.0462 e. The third kappa shape index (κ3) is 3.56. The summed E-state index contributed by atoms with van der Waals surface area (Å²) in [5, 5.41) is 0. The Bertz CT molecular complexity index is 339. The Morgan fingerprint density at radius 3 is 2.44 bits per heavy atom. The smallest absolute Gasteiger partial charge is 0.0462 e. The summed E-state index contributed by atoms with van der Waals surface area (Å²) in [6, 6.07) is 9.30. The van der Waals surface area contributed by atoms with Gasteiger partial charge in [0.05, 0.1) is 0 Å². The number of nitrogens with two attached hydrogens (primary N) is 1. The van der Waals surface area contributed by atoms with E-state index >= 15 is 0 Å². The van der Waals surface area contributed by atoms with Gasteiger partial charge in [0.25, 0.3) is 0 Å². The lowest BCUT2D eigenvalue weighted by Gasteiger charge is -2.20. The molecule has 2 rings (SSSR count). The normalized spacial score (nSPS) is 18.1. The van der Waals surface area contributed by atoms with Crippen LogP contribution in [0.25, 0.3) is 0 Å². The van der Waals surface area contributed by atoms with Crippen molar-refractivity contribution in [2.45, 2.75) is 57.9 Å². The average Bonchev–Trinajstić information content (AvgIpc) is 2.90. The first-order valence-electron chi connectivity index (χ1n) is 7.38. The lowest BCUT2D eigenvalue weighted by atomic mass is 9.93. The maximum absolute atomic E-state index is 5.73. The van der Waals surface area contributed by atoms with Crippen LogP contribution in [-0.4, -0.2) is 0 Å². The summed E-state index contributed by atoms with van der Waals surface area (Å²) in [4.78, 5) is 0. The predicted molar refractivity (Wildman–Crippen MR) is 77.1 cm³/mol. The van der Waals surface area contributed by atoms with Crippen LogP contribution in [0, 0.1) is 5.92 Å². The first-order chi connectivity index (χ1) is 8.83. The fraction of sp³-hybridized carbons (Fsp3) is 0.625. The second-order valence-corrected chi connectivity index (χ2v) is 5.60. The average molecular weight is 246 g/mol. The SMILES string of the molecule is CCCc1ccc(C(CC2CCCC2)NN)cc1. The van der Waals surface area contributed by atoms with Crippen molar-refractivity contribution in [2.24, 2.45) is 11.8 Å². The lowest BCUT2D eigenvalue weighted by molar-refractivity contribution is 0.400. The quantitative estimate of drug-likeness (QED) is 0.593. The van der Waals surface area contributed by atoms with Crippen LogP contribution < -0.4 is 11.3 Å². The van der Waals surface area contributed by atoms with Crippen LogP contribution in [0.5, 0.6) is 0 Å². The van der Waals surface area contributed by atoms with Gasteiger partial charge >= 0.3 is 0 Å². The number of benzene rings is 1. The topological polar surface area (TPSA) is 38.0 Å². The highest BCUT2D eigenvalue weighted by atomic mass is 15.2. The molecule has 1 atom stereocenters. The molecule has 2 nitrogen and oxygen atoms in total. The molecule has 0 heterocycles. The summed E-state index contributed by atoms with van der Waals surface area (Å²) in [7, 11) is 0. The minimum Gasteiger partial charge on any atom is -0.271 e. The van der Waals surface area contributed by atoms with Gasteiger partial charge < -0.3 is 0 Å². The fourth-order valence-corrected chi connectivity index (χ4v) is 3.09. The van der Waals surface area contributed by atoms with E-state index in [4.69, 9.17) is 5.84 Å². The summed E-state index contributed by atoms with van der Waals surface area (Å²) < 4.78 is 0. The van der Waals surface area contributed by atoms with Crippen molar-refractivity contribution in [3.8, 4) is 0 Å². The molecule has 0 aromatic heterocycles. The molecule has 0 spiro atoms. The van der Waals surface area contributed by atoms with E-state index in [0.717, 1.165) is 5.92 Å². The van der Waals surface area contributed by atoms with E-state index in [-0.39, 0.29) is 0 Å². The summed E-state index contributed by atoms with van der Waals surface area (Å²) in [5.41, 5.74) is 5.76. The van der Waals surface area contributed by atoms with Crippen LogP contribution in [0.15, 0.2) is 24.3 Å². The van der Waals surface area contributed by atoms with E-state index in [1.807, 2.05) is 0 Å². The number of nitrogens with one attached hydrogen (secondary N) is 1. The van der Waals surface area contributed by atoms with Gasteiger partial charge in [0.1, 0.15) is 0 Å². The molecule has 2 heteroatoms.